The summed E-state index contributed by atoms with van der Waals surface area (Å²) in [7, 11) is 0. The van der Waals surface area contributed by atoms with Crippen LogP contribution in [0.4, 0.5) is 5.95 Å². The van der Waals surface area contributed by atoms with Gasteiger partial charge in [0, 0.05) is 5.70 Å². The highest BCUT2D eigenvalue weighted by molar-refractivity contribution is 5.42. The molecule has 1 atom stereocenters. The van der Waals surface area contributed by atoms with Gasteiger partial charge in [-0.2, -0.15) is 10.1 Å². The highest BCUT2D eigenvalue weighted by Gasteiger charge is 2.20. The van der Waals surface area contributed by atoms with Crippen molar-refractivity contribution in [2.45, 2.75) is 19.9 Å². The molecule has 0 fully saturated rings. The fraction of sp³-hybridized carbons (Fsp3) is 0.231. The molecule has 1 aromatic carbocycles. The van der Waals surface area contributed by atoms with Gasteiger partial charge in [0.1, 0.15) is 12.4 Å². The van der Waals surface area contributed by atoms with Crippen LogP contribution in [0.1, 0.15) is 24.1 Å². The molecule has 0 aliphatic carbocycles. The molecule has 0 saturated heterocycles. The van der Waals surface area contributed by atoms with E-state index in [4.69, 9.17) is 0 Å². The van der Waals surface area contributed by atoms with E-state index >= 15 is 0 Å². The van der Waals surface area contributed by atoms with Crippen LogP contribution in [0.5, 0.6) is 0 Å². The molecule has 17 heavy (non-hydrogen) atoms. The molecule has 4 heteroatoms. The Morgan fingerprint density at radius 1 is 1.18 bits per heavy atom. The summed E-state index contributed by atoms with van der Waals surface area (Å²) in [6.07, 6.45) is 3.74. The number of hydrogen-bond acceptors (Lipinski definition) is 3. The fourth-order valence-electron chi connectivity index (χ4n) is 2.07. The lowest BCUT2D eigenvalue weighted by Gasteiger charge is -2.22. The second-order valence-corrected chi connectivity index (χ2v) is 4.36. The van der Waals surface area contributed by atoms with Gasteiger partial charge in [-0.15, -0.1) is 0 Å². The van der Waals surface area contributed by atoms with Crippen LogP contribution in [0.25, 0.3) is 0 Å². The summed E-state index contributed by atoms with van der Waals surface area (Å²) in [6, 6.07) is 8.66. The molecule has 1 aliphatic heterocycles. The predicted octanol–water partition coefficient (Wildman–Crippen LogP) is 2.51. The maximum Gasteiger partial charge on any atom is 0.226 e. The van der Waals surface area contributed by atoms with Gasteiger partial charge >= 0.3 is 0 Å². The molecule has 4 nitrogen and oxygen atoms in total. The summed E-state index contributed by atoms with van der Waals surface area (Å²) in [4.78, 5) is 4.20. The van der Waals surface area contributed by atoms with Crippen molar-refractivity contribution >= 4 is 5.95 Å². The Kier molecular flexibility index (Phi) is 2.21. The highest BCUT2D eigenvalue weighted by atomic mass is 15.4. The minimum Gasteiger partial charge on any atom is -0.329 e. The molecular weight excluding hydrogens is 212 g/mol. The van der Waals surface area contributed by atoms with Crippen LogP contribution in [0.15, 0.2) is 42.4 Å². The zero-order valence-electron chi connectivity index (χ0n) is 9.88. The first-order chi connectivity index (χ1) is 8.24. The van der Waals surface area contributed by atoms with Gasteiger partial charge < -0.3 is 5.32 Å². The Morgan fingerprint density at radius 2 is 1.94 bits per heavy atom. The van der Waals surface area contributed by atoms with E-state index < -0.39 is 0 Å². The van der Waals surface area contributed by atoms with Gasteiger partial charge in [-0.3, -0.25) is 0 Å². The molecule has 86 valence electrons. The van der Waals surface area contributed by atoms with Gasteiger partial charge in [-0.05, 0) is 25.5 Å². The molecule has 3 rings (SSSR count). The SMILES string of the molecule is CC1=C[C@H](c2ccc(C)cc2)n2ncnc2N1. The van der Waals surface area contributed by atoms with Gasteiger partial charge in [0.15, 0.2) is 0 Å². The first-order valence-electron chi connectivity index (χ1n) is 5.65. The highest BCUT2D eigenvalue weighted by Crippen LogP contribution is 2.27. The number of hydrogen-bond donors (Lipinski definition) is 1. The Balaban J connectivity index is 2.07. The van der Waals surface area contributed by atoms with Crippen molar-refractivity contribution in [1.29, 1.82) is 0 Å². The van der Waals surface area contributed by atoms with Crippen molar-refractivity contribution in [2.24, 2.45) is 0 Å². The summed E-state index contributed by atoms with van der Waals surface area (Å²) in [6.45, 7) is 4.13. The number of anilines is 1. The molecule has 0 radical (unpaired) electrons. The van der Waals surface area contributed by atoms with Gasteiger partial charge in [-0.1, -0.05) is 29.8 Å². The Bertz CT molecular complexity index is 565. The van der Waals surface area contributed by atoms with Crippen LogP contribution < -0.4 is 5.32 Å². The summed E-state index contributed by atoms with van der Waals surface area (Å²) in [5.74, 6) is 0.801. The first kappa shape index (κ1) is 10.1. The standard InChI is InChI=1S/C13H14N4/c1-9-3-5-11(6-4-9)12-7-10(2)16-13-14-8-15-17(12)13/h3-8,12H,1-2H3,(H,14,15,16)/t12-/m1/s1. The van der Waals surface area contributed by atoms with E-state index in [1.165, 1.54) is 11.1 Å². The Labute approximate surface area is 100.0 Å². The zero-order chi connectivity index (χ0) is 11.8. The van der Waals surface area contributed by atoms with Crippen LogP contribution in [-0.4, -0.2) is 14.8 Å². The van der Waals surface area contributed by atoms with E-state index in [9.17, 15) is 0 Å². The van der Waals surface area contributed by atoms with E-state index in [2.05, 4.69) is 52.7 Å². The number of benzene rings is 1. The normalized spacial score (nSPS) is 18.2. The number of nitrogens with one attached hydrogen (secondary N) is 1. The van der Waals surface area contributed by atoms with Crippen LogP contribution in [0.3, 0.4) is 0 Å². The molecule has 2 heterocycles. The van der Waals surface area contributed by atoms with E-state index in [-0.39, 0.29) is 6.04 Å². The van der Waals surface area contributed by atoms with E-state index in [0.717, 1.165) is 11.6 Å². The lowest BCUT2D eigenvalue weighted by atomic mass is 10.0. The van der Waals surface area contributed by atoms with Crippen LogP contribution in [0, 0.1) is 6.92 Å². The lowest BCUT2D eigenvalue weighted by Crippen LogP contribution is -2.19. The van der Waals surface area contributed by atoms with Crippen molar-refractivity contribution in [3.05, 3.63) is 53.5 Å². The maximum absolute atomic E-state index is 4.27. The van der Waals surface area contributed by atoms with Crippen LogP contribution in [0.2, 0.25) is 0 Å². The third kappa shape index (κ3) is 1.71. The lowest BCUT2D eigenvalue weighted by molar-refractivity contribution is 0.603. The quantitative estimate of drug-likeness (QED) is 0.812. The van der Waals surface area contributed by atoms with Crippen molar-refractivity contribution < 1.29 is 0 Å². The molecule has 1 aliphatic rings. The number of fused-ring (bicyclic) bond motifs is 1. The van der Waals surface area contributed by atoms with Gasteiger partial charge in [0.2, 0.25) is 5.95 Å². The summed E-state index contributed by atoms with van der Waals surface area (Å²) in [5.41, 5.74) is 3.60. The molecule has 1 N–H and O–H groups in total. The van der Waals surface area contributed by atoms with E-state index in [1.54, 1.807) is 6.33 Å². The molecule has 0 unspecified atom stereocenters. The molecule has 0 spiro atoms. The second kappa shape index (κ2) is 3.73. The average molecular weight is 226 g/mol. The summed E-state index contributed by atoms with van der Waals surface area (Å²) in [5, 5.41) is 7.47. The fourth-order valence-corrected chi connectivity index (χ4v) is 2.07. The number of allylic oxidation sites excluding steroid dienone is 2. The largest absolute Gasteiger partial charge is 0.329 e. The maximum atomic E-state index is 4.27. The number of nitrogens with zero attached hydrogens (tertiary/aromatic N) is 3. The Morgan fingerprint density at radius 3 is 2.71 bits per heavy atom. The second-order valence-electron chi connectivity index (χ2n) is 4.36. The van der Waals surface area contributed by atoms with Crippen molar-refractivity contribution in [3.63, 3.8) is 0 Å². The predicted molar refractivity (Wildman–Crippen MR) is 66.7 cm³/mol. The zero-order valence-corrected chi connectivity index (χ0v) is 9.88. The Hall–Kier alpha value is -2.10. The third-order valence-corrected chi connectivity index (χ3v) is 2.97. The molecule has 0 amide bonds. The van der Waals surface area contributed by atoms with Crippen LogP contribution in [-0.2, 0) is 0 Å². The number of aryl methyl sites for hydroxylation is 1. The van der Waals surface area contributed by atoms with Crippen LogP contribution >= 0.6 is 0 Å². The molecule has 2 aromatic rings. The summed E-state index contributed by atoms with van der Waals surface area (Å²) >= 11 is 0. The van der Waals surface area contributed by atoms with E-state index in [0.29, 0.717) is 0 Å². The molecule has 0 bridgehead atoms. The summed E-state index contributed by atoms with van der Waals surface area (Å²) < 4.78 is 1.90. The van der Waals surface area contributed by atoms with Crippen molar-refractivity contribution in [3.8, 4) is 0 Å². The minimum atomic E-state index is 0.134. The molecular formula is C13H14N4. The molecule has 0 saturated carbocycles. The topological polar surface area (TPSA) is 42.7 Å². The van der Waals surface area contributed by atoms with Gasteiger partial charge in [0.25, 0.3) is 0 Å². The van der Waals surface area contributed by atoms with Gasteiger partial charge in [-0.25, -0.2) is 4.68 Å². The number of aromatic nitrogens is 3. The molecule has 1 aromatic heterocycles. The monoisotopic (exact) mass is 226 g/mol. The minimum absolute atomic E-state index is 0.134. The van der Waals surface area contributed by atoms with Crippen molar-refractivity contribution in [1.82, 2.24) is 14.8 Å². The van der Waals surface area contributed by atoms with E-state index in [1.807, 2.05) is 11.6 Å². The van der Waals surface area contributed by atoms with Crippen molar-refractivity contribution in [2.75, 3.05) is 5.32 Å². The number of rotatable bonds is 1. The third-order valence-electron chi connectivity index (χ3n) is 2.97. The first-order valence-corrected chi connectivity index (χ1v) is 5.65. The van der Waals surface area contributed by atoms with Gasteiger partial charge in [0.05, 0.1) is 0 Å². The average Bonchev–Trinajstić information content (AvgIpc) is 2.77. The smallest absolute Gasteiger partial charge is 0.226 e.